The topological polar surface area (TPSA) is 87.3 Å². The third kappa shape index (κ3) is 5.85. The van der Waals surface area contributed by atoms with E-state index in [-0.39, 0.29) is 17.3 Å². The quantitative estimate of drug-likeness (QED) is 0.368. The van der Waals surface area contributed by atoms with Crippen molar-refractivity contribution in [3.8, 4) is 5.75 Å². The maximum absolute atomic E-state index is 12.6. The van der Waals surface area contributed by atoms with Gasteiger partial charge in [-0.15, -0.1) is 0 Å². The summed E-state index contributed by atoms with van der Waals surface area (Å²) in [4.78, 5) is 6.52. The molecule has 3 aliphatic rings. The number of pyridine rings is 1. The van der Waals surface area contributed by atoms with Crippen LogP contribution >= 0.6 is 0 Å². The van der Waals surface area contributed by atoms with Gasteiger partial charge in [0.1, 0.15) is 0 Å². The standard InChI is InChI=1S/C24H33F2N5O/c1-15-8-20(31-6-2-3-7-31)10-17(15)9-19(29-13-16-4-5-16)12-21(27)18-11-22(32-24(25)26)23(28)30-14-18/h11-12,14,16-17,20,24,27,29H,1-10,13H2,(H2,28,30)/b19-12-,27-21?/t17-,20-/m0/s1. The van der Waals surface area contributed by atoms with Gasteiger partial charge in [-0.05, 0) is 82.0 Å². The number of nitrogens with two attached hydrogens (primary N) is 1. The van der Waals surface area contributed by atoms with Crippen LogP contribution in [-0.2, 0) is 0 Å². The van der Waals surface area contributed by atoms with Crippen LogP contribution in [0.5, 0.6) is 5.75 Å². The van der Waals surface area contributed by atoms with Gasteiger partial charge in [-0.2, -0.15) is 8.78 Å². The minimum absolute atomic E-state index is 0.117. The number of hydrogen-bond acceptors (Lipinski definition) is 6. The molecule has 0 aromatic carbocycles. The average Bonchev–Trinajstić information content (AvgIpc) is 3.27. The average molecular weight is 446 g/mol. The number of allylic oxidation sites excluding steroid dienone is 2. The Kier molecular flexibility index (Phi) is 7.08. The van der Waals surface area contributed by atoms with Gasteiger partial charge in [0, 0.05) is 30.0 Å². The molecule has 32 heavy (non-hydrogen) atoms. The largest absolute Gasteiger partial charge is 0.431 e. The van der Waals surface area contributed by atoms with Crippen molar-refractivity contribution >= 4 is 11.5 Å². The molecule has 2 heterocycles. The summed E-state index contributed by atoms with van der Waals surface area (Å²) in [6.07, 6.45) is 11.2. The molecule has 1 saturated heterocycles. The predicted molar refractivity (Wildman–Crippen MR) is 122 cm³/mol. The predicted octanol–water partition coefficient (Wildman–Crippen LogP) is 4.34. The smallest absolute Gasteiger partial charge is 0.387 e. The number of nitrogen functional groups attached to an aromatic ring is 1. The van der Waals surface area contributed by atoms with Crippen molar-refractivity contribution in [3.63, 3.8) is 0 Å². The van der Waals surface area contributed by atoms with Gasteiger partial charge < -0.3 is 26.1 Å². The highest BCUT2D eigenvalue weighted by Gasteiger charge is 2.33. The molecule has 6 nitrogen and oxygen atoms in total. The Balaban J connectivity index is 1.47. The SMILES string of the molecule is C=C1C[C@H](N2CCCC2)C[C@@H]1C/C(=C/C(=N)c1cnc(N)c(OC(F)F)c1)NCC1CC1. The second-order valence-corrected chi connectivity index (χ2v) is 9.29. The number of nitrogens with zero attached hydrogens (tertiary/aromatic N) is 2. The van der Waals surface area contributed by atoms with Crippen LogP contribution in [0.2, 0.25) is 0 Å². The molecule has 3 fully saturated rings. The van der Waals surface area contributed by atoms with Crippen molar-refractivity contribution in [1.82, 2.24) is 15.2 Å². The first-order chi connectivity index (χ1) is 15.4. The van der Waals surface area contributed by atoms with E-state index >= 15 is 0 Å². The number of rotatable bonds is 10. The lowest BCUT2D eigenvalue weighted by Crippen LogP contribution is -2.30. The zero-order valence-corrected chi connectivity index (χ0v) is 18.5. The number of alkyl halides is 2. The molecule has 1 aliphatic heterocycles. The Morgan fingerprint density at radius 1 is 1.38 bits per heavy atom. The monoisotopic (exact) mass is 445 g/mol. The number of likely N-dealkylation sites (tertiary alicyclic amines) is 1. The molecule has 8 heteroatoms. The zero-order valence-electron chi connectivity index (χ0n) is 18.5. The molecule has 4 rings (SSSR count). The molecule has 174 valence electrons. The van der Waals surface area contributed by atoms with Crippen molar-refractivity contribution < 1.29 is 13.5 Å². The Labute approximate surface area is 188 Å². The molecule has 0 spiro atoms. The van der Waals surface area contributed by atoms with Gasteiger partial charge in [-0.25, -0.2) is 4.98 Å². The Hall–Kier alpha value is -2.48. The molecule has 2 saturated carbocycles. The second-order valence-electron chi connectivity index (χ2n) is 9.29. The van der Waals surface area contributed by atoms with E-state index in [0.717, 1.165) is 31.5 Å². The first-order valence-electron chi connectivity index (χ1n) is 11.5. The highest BCUT2D eigenvalue weighted by molar-refractivity contribution is 6.07. The van der Waals surface area contributed by atoms with Gasteiger partial charge in [0.15, 0.2) is 11.6 Å². The summed E-state index contributed by atoms with van der Waals surface area (Å²) in [6.45, 7) is 4.63. The third-order valence-corrected chi connectivity index (χ3v) is 6.80. The number of hydrogen-bond donors (Lipinski definition) is 3. The van der Waals surface area contributed by atoms with Crippen LogP contribution in [0.15, 0.2) is 36.2 Å². The van der Waals surface area contributed by atoms with Gasteiger partial charge in [-0.1, -0.05) is 12.2 Å². The van der Waals surface area contributed by atoms with Crippen molar-refractivity contribution in [1.29, 1.82) is 5.41 Å². The first-order valence-corrected chi connectivity index (χ1v) is 11.5. The minimum atomic E-state index is -2.99. The number of aromatic nitrogens is 1. The van der Waals surface area contributed by atoms with E-state index in [2.05, 4.69) is 26.5 Å². The zero-order chi connectivity index (χ0) is 22.7. The van der Waals surface area contributed by atoms with E-state index in [9.17, 15) is 8.78 Å². The van der Waals surface area contributed by atoms with Gasteiger partial charge in [0.05, 0.1) is 5.71 Å². The van der Waals surface area contributed by atoms with Crippen molar-refractivity contribution in [2.24, 2.45) is 11.8 Å². The number of halogens is 2. The summed E-state index contributed by atoms with van der Waals surface area (Å²) in [5, 5.41) is 12.1. The van der Waals surface area contributed by atoms with Crippen LogP contribution in [0.4, 0.5) is 14.6 Å². The summed E-state index contributed by atoms with van der Waals surface area (Å²) in [7, 11) is 0. The summed E-state index contributed by atoms with van der Waals surface area (Å²) >= 11 is 0. The summed E-state index contributed by atoms with van der Waals surface area (Å²) < 4.78 is 29.7. The van der Waals surface area contributed by atoms with Crippen molar-refractivity contribution in [2.45, 2.75) is 57.6 Å². The maximum atomic E-state index is 12.6. The van der Waals surface area contributed by atoms with Crippen molar-refractivity contribution in [2.75, 3.05) is 25.4 Å². The van der Waals surface area contributed by atoms with Gasteiger partial charge in [0.25, 0.3) is 0 Å². The number of nitrogens with one attached hydrogen (secondary N) is 2. The molecule has 1 aromatic rings. The van der Waals surface area contributed by atoms with Gasteiger partial charge in [-0.3, -0.25) is 0 Å². The van der Waals surface area contributed by atoms with E-state index in [1.165, 1.54) is 56.6 Å². The summed E-state index contributed by atoms with van der Waals surface area (Å²) in [5.74, 6) is 0.753. The molecule has 2 aliphatic carbocycles. The fourth-order valence-corrected chi connectivity index (χ4v) is 4.76. The molecule has 0 radical (unpaired) electrons. The summed E-state index contributed by atoms with van der Waals surface area (Å²) in [5.41, 5.74) is 8.49. The highest BCUT2D eigenvalue weighted by atomic mass is 19.3. The van der Waals surface area contributed by atoms with Crippen LogP contribution in [0.25, 0.3) is 0 Å². The van der Waals surface area contributed by atoms with Crippen LogP contribution in [0.1, 0.15) is 50.5 Å². The molecular weight excluding hydrogens is 412 g/mol. The van der Waals surface area contributed by atoms with Gasteiger partial charge >= 0.3 is 6.61 Å². The Bertz CT molecular complexity index is 877. The lowest BCUT2D eigenvalue weighted by Gasteiger charge is -2.23. The first kappa shape index (κ1) is 22.7. The van der Waals surface area contributed by atoms with E-state index in [1.54, 1.807) is 6.08 Å². The molecule has 4 N–H and O–H groups in total. The molecular formula is C24H33F2N5O. The lowest BCUT2D eigenvalue weighted by molar-refractivity contribution is -0.0495. The minimum Gasteiger partial charge on any atom is -0.431 e. The van der Waals surface area contributed by atoms with Crippen LogP contribution in [0, 0.1) is 17.2 Å². The third-order valence-electron chi connectivity index (χ3n) is 6.80. The molecule has 1 aromatic heterocycles. The van der Waals surface area contributed by atoms with Crippen molar-refractivity contribution in [3.05, 3.63) is 41.8 Å². The van der Waals surface area contributed by atoms with Crippen LogP contribution < -0.4 is 15.8 Å². The molecule has 0 unspecified atom stereocenters. The second kappa shape index (κ2) is 9.98. The fourth-order valence-electron chi connectivity index (χ4n) is 4.76. The Morgan fingerprint density at radius 2 is 2.12 bits per heavy atom. The van der Waals surface area contributed by atoms with Gasteiger partial charge in [0.2, 0.25) is 0 Å². The molecule has 0 amide bonds. The highest BCUT2D eigenvalue weighted by Crippen LogP contribution is 2.38. The van der Waals surface area contributed by atoms with E-state index in [0.29, 0.717) is 23.4 Å². The van der Waals surface area contributed by atoms with Crippen LogP contribution in [-0.4, -0.2) is 47.9 Å². The van der Waals surface area contributed by atoms with Crippen LogP contribution in [0.3, 0.4) is 0 Å². The fraction of sp³-hybridized carbons (Fsp3) is 0.583. The number of ether oxygens (including phenoxy) is 1. The normalized spacial score (nSPS) is 24.3. The van der Waals surface area contributed by atoms with E-state index in [1.807, 2.05) is 0 Å². The Morgan fingerprint density at radius 3 is 2.81 bits per heavy atom. The number of anilines is 1. The molecule has 2 atom stereocenters. The van der Waals surface area contributed by atoms with E-state index < -0.39 is 6.61 Å². The van der Waals surface area contributed by atoms with E-state index in [4.69, 9.17) is 11.1 Å². The summed E-state index contributed by atoms with van der Waals surface area (Å²) in [6, 6.07) is 1.93. The maximum Gasteiger partial charge on any atom is 0.387 e. The molecule has 0 bridgehead atoms. The lowest BCUT2D eigenvalue weighted by atomic mass is 9.96.